The molecule has 2 rings (SSSR count). The van der Waals surface area contributed by atoms with Crippen LogP contribution in [-0.4, -0.2) is 24.9 Å². The Morgan fingerprint density at radius 2 is 1.85 bits per heavy atom. The second-order valence-electron chi connectivity index (χ2n) is 9.15. The maximum Gasteiger partial charge on any atom is 0.119 e. The molecule has 1 heterocycles. The highest BCUT2D eigenvalue weighted by Crippen LogP contribution is 2.37. The molecule has 0 aromatic heterocycles. The van der Waals surface area contributed by atoms with E-state index in [2.05, 4.69) is 71.1 Å². The number of ether oxygens (including phenoxy) is 2. The second-order valence-corrected chi connectivity index (χ2v) is 9.15. The van der Waals surface area contributed by atoms with Gasteiger partial charge in [-0.05, 0) is 89.0 Å². The zero-order valence-electron chi connectivity index (χ0n) is 17.8. The van der Waals surface area contributed by atoms with Crippen molar-refractivity contribution in [2.75, 3.05) is 13.2 Å². The lowest BCUT2D eigenvalue weighted by molar-refractivity contribution is -0.671. The predicted octanol–water partition coefficient (Wildman–Crippen LogP) is 4.40. The maximum atomic E-state index is 5.92. The molecule has 0 radical (unpaired) electrons. The molecule has 1 aromatic rings. The van der Waals surface area contributed by atoms with Crippen molar-refractivity contribution in [3.63, 3.8) is 0 Å². The highest BCUT2D eigenvalue weighted by atomic mass is 16.5. The van der Waals surface area contributed by atoms with E-state index in [-0.39, 0.29) is 11.7 Å². The summed E-state index contributed by atoms with van der Waals surface area (Å²) in [7, 11) is 0. The summed E-state index contributed by atoms with van der Waals surface area (Å²) in [5, 5.41) is 2.46. The molecule has 1 fully saturated rings. The molecule has 2 N–H and O–H groups in total. The van der Waals surface area contributed by atoms with E-state index in [1.54, 1.807) is 0 Å². The lowest BCUT2D eigenvalue weighted by atomic mass is 9.73. The molecule has 1 saturated heterocycles. The Balaban J connectivity index is 1.77. The molecule has 3 nitrogen and oxygen atoms in total. The van der Waals surface area contributed by atoms with Gasteiger partial charge >= 0.3 is 0 Å². The van der Waals surface area contributed by atoms with E-state index in [1.165, 1.54) is 31.4 Å². The zero-order valence-corrected chi connectivity index (χ0v) is 17.8. The van der Waals surface area contributed by atoms with Crippen LogP contribution in [0.4, 0.5) is 0 Å². The van der Waals surface area contributed by atoms with Crippen molar-refractivity contribution in [2.24, 2.45) is 17.8 Å². The van der Waals surface area contributed by atoms with Gasteiger partial charge in [0.25, 0.3) is 0 Å². The van der Waals surface area contributed by atoms with Crippen LogP contribution in [0.5, 0.6) is 5.75 Å². The van der Waals surface area contributed by atoms with Crippen molar-refractivity contribution in [3.05, 3.63) is 29.8 Å². The SMILES string of the molecule is CC(C)Oc1ccc(C[NH2+]CC[C@H](C(C)C)[C@@H]2CCOC(C)(C)C2)cc1. The van der Waals surface area contributed by atoms with Crippen LogP contribution in [0.15, 0.2) is 24.3 Å². The summed E-state index contributed by atoms with van der Waals surface area (Å²) in [4.78, 5) is 0. The molecule has 1 aliphatic rings. The van der Waals surface area contributed by atoms with E-state index in [9.17, 15) is 0 Å². The summed E-state index contributed by atoms with van der Waals surface area (Å²) in [5.41, 5.74) is 1.42. The first-order chi connectivity index (χ1) is 12.3. The molecule has 1 aromatic carbocycles. The van der Waals surface area contributed by atoms with Gasteiger partial charge in [0, 0.05) is 12.2 Å². The molecular weight excluding hydrogens is 322 g/mol. The first kappa shape index (κ1) is 21.2. The van der Waals surface area contributed by atoms with Gasteiger partial charge < -0.3 is 14.8 Å². The molecule has 3 heteroatoms. The lowest BCUT2D eigenvalue weighted by Crippen LogP contribution is -2.82. The standard InChI is InChI=1S/C23H39NO2/c1-17(2)22(20-12-14-25-23(5,6)15-20)11-13-24-16-19-7-9-21(10-8-19)26-18(3)4/h7-10,17-18,20,22,24H,11-16H2,1-6H3/p+1/t20-,22-/m1/s1. The van der Waals surface area contributed by atoms with Gasteiger partial charge in [-0.1, -0.05) is 13.8 Å². The fraction of sp³-hybridized carbons (Fsp3) is 0.739. The molecule has 0 amide bonds. The minimum Gasteiger partial charge on any atom is -0.491 e. The van der Waals surface area contributed by atoms with Crippen LogP contribution in [0.1, 0.15) is 66.4 Å². The highest BCUT2D eigenvalue weighted by molar-refractivity contribution is 5.26. The lowest BCUT2D eigenvalue weighted by Gasteiger charge is -2.40. The smallest absolute Gasteiger partial charge is 0.119 e. The normalized spacial score (nSPS) is 21.2. The minimum atomic E-state index is 0.0551. The van der Waals surface area contributed by atoms with E-state index < -0.39 is 0 Å². The molecule has 0 saturated carbocycles. The largest absolute Gasteiger partial charge is 0.491 e. The number of hydrogen-bond donors (Lipinski definition) is 1. The third-order valence-corrected chi connectivity index (χ3v) is 5.58. The minimum absolute atomic E-state index is 0.0551. The van der Waals surface area contributed by atoms with E-state index in [0.717, 1.165) is 36.7 Å². The Kier molecular flexibility index (Phi) is 7.97. The third-order valence-electron chi connectivity index (χ3n) is 5.58. The van der Waals surface area contributed by atoms with Crippen molar-refractivity contribution < 1.29 is 14.8 Å². The van der Waals surface area contributed by atoms with E-state index in [0.29, 0.717) is 0 Å². The zero-order chi connectivity index (χ0) is 19.2. The van der Waals surface area contributed by atoms with Gasteiger partial charge in [0.15, 0.2) is 0 Å². The topological polar surface area (TPSA) is 35.1 Å². The number of benzene rings is 1. The number of hydrogen-bond acceptors (Lipinski definition) is 2. The Labute approximate surface area is 160 Å². The molecule has 0 spiro atoms. The number of quaternary nitrogens is 1. The van der Waals surface area contributed by atoms with E-state index in [1.807, 2.05) is 0 Å². The second kappa shape index (κ2) is 9.75. The number of rotatable bonds is 9. The van der Waals surface area contributed by atoms with E-state index in [4.69, 9.17) is 9.47 Å². The quantitative estimate of drug-likeness (QED) is 0.661. The van der Waals surface area contributed by atoms with Crippen molar-refractivity contribution in [2.45, 2.75) is 79.1 Å². The third kappa shape index (κ3) is 6.92. The van der Waals surface area contributed by atoms with Crippen LogP contribution in [0.2, 0.25) is 0 Å². The van der Waals surface area contributed by atoms with Gasteiger partial charge in [-0.3, -0.25) is 0 Å². The summed E-state index contributed by atoms with van der Waals surface area (Å²) in [6.07, 6.45) is 3.96. The molecule has 148 valence electrons. The summed E-state index contributed by atoms with van der Waals surface area (Å²) in [5.74, 6) is 3.32. The Morgan fingerprint density at radius 1 is 1.15 bits per heavy atom. The Morgan fingerprint density at radius 3 is 2.42 bits per heavy atom. The Hall–Kier alpha value is -1.06. The molecule has 0 aliphatic carbocycles. The van der Waals surface area contributed by atoms with Gasteiger partial charge in [0.05, 0.1) is 18.2 Å². The van der Waals surface area contributed by atoms with Crippen molar-refractivity contribution >= 4 is 0 Å². The fourth-order valence-corrected chi connectivity index (χ4v) is 4.31. The van der Waals surface area contributed by atoms with Crippen LogP contribution < -0.4 is 10.1 Å². The first-order valence-electron chi connectivity index (χ1n) is 10.5. The average Bonchev–Trinajstić information content (AvgIpc) is 2.54. The van der Waals surface area contributed by atoms with E-state index >= 15 is 0 Å². The molecule has 0 unspecified atom stereocenters. The maximum absolute atomic E-state index is 5.92. The fourth-order valence-electron chi connectivity index (χ4n) is 4.31. The van der Waals surface area contributed by atoms with Crippen LogP contribution in [-0.2, 0) is 11.3 Å². The van der Waals surface area contributed by atoms with Gasteiger partial charge in [-0.25, -0.2) is 0 Å². The molecule has 2 atom stereocenters. The Bertz CT molecular complexity index is 522. The summed E-state index contributed by atoms with van der Waals surface area (Å²) >= 11 is 0. The summed E-state index contributed by atoms with van der Waals surface area (Å²) in [6.45, 7) is 16.6. The molecule has 26 heavy (non-hydrogen) atoms. The van der Waals surface area contributed by atoms with Gasteiger partial charge in [-0.15, -0.1) is 0 Å². The predicted molar refractivity (Wildman–Crippen MR) is 108 cm³/mol. The van der Waals surface area contributed by atoms with Crippen LogP contribution in [0.25, 0.3) is 0 Å². The number of nitrogens with two attached hydrogens (primary N) is 1. The van der Waals surface area contributed by atoms with Crippen molar-refractivity contribution in [1.29, 1.82) is 0 Å². The van der Waals surface area contributed by atoms with Crippen LogP contribution >= 0.6 is 0 Å². The van der Waals surface area contributed by atoms with Crippen LogP contribution in [0, 0.1) is 17.8 Å². The first-order valence-corrected chi connectivity index (χ1v) is 10.5. The highest BCUT2D eigenvalue weighted by Gasteiger charge is 2.34. The van der Waals surface area contributed by atoms with Crippen LogP contribution in [0.3, 0.4) is 0 Å². The molecule has 1 aliphatic heterocycles. The van der Waals surface area contributed by atoms with Gasteiger partial charge in [0.2, 0.25) is 0 Å². The van der Waals surface area contributed by atoms with Crippen molar-refractivity contribution in [1.82, 2.24) is 0 Å². The van der Waals surface area contributed by atoms with Gasteiger partial charge in [-0.2, -0.15) is 0 Å². The summed E-state index contributed by atoms with van der Waals surface area (Å²) in [6, 6.07) is 8.55. The van der Waals surface area contributed by atoms with Gasteiger partial charge in [0.1, 0.15) is 12.3 Å². The summed E-state index contributed by atoms with van der Waals surface area (Å²) < 4.78 is 11.6. The molecule has 0 bridgehead atoms. The average molecular weight is 363 g/mol. The monoisotopic (exact) mass is 362 g/mol. The van der Waals surface area contributed by atoms with Crippen molar-refractivity contribution in [3.8, 4) is 5.75 Å². The molecular formula is C23H40NO2+.